The van der Waals surface area contributed by atoms with Crippen LogP contribution in [0.1, 0.15) is 0 Å². The van der Waals surface area contributed by atoms with Crippen LogP contribution >= 0.6 is 11.6 Å². The molecular formula is C8H5ClN3S-. The maximum absolute atomic E-state index is 5.81. The quantitative estimate of drug-likeness (QED) is 0.733. The number of hydrogen-bond acceptors (Lipinski definition) is 3. The van der Waals surface area contributed by atoms with E-state index in [9.17, 15) is 0 Å². The molecule has 5 heteroatoms. The first-order valence-corrected chi connectivity index (χ1v) is 4.40. The fourth-order valence-electron chi connectivity index (χ4n) is 1.01. The molecule has 1 heterocycles. The third-order valence-corrected chi connectivity index (χ3v) is 1.98. The van der Waals surface area contributed by atoms with Crippen molar-refractivity contribution in [3.63, 3.8) is 0 Å². The Labute approximate surface area is 85.6 Å². The van der Waals surface area contributed by atoms with Crippen molar-refractivity contribution in [1.82, 2.24) is 15.2 Å². The molecule has 0 amide bonds. The smallest absolute Gasteiger partial charge is 0.153 e. The fraction of sp³-hybridized carbons (Fsp3) is 0. The average Bonchev–Trinajstić information content (AvgIpc) is 2.52. The summed E-state index contributed by atoms with van der Waals surface area (Å²) in [5.41, 5.74) is 0.885. The van der Waals surface area contributed by atoms with Gasteiger partial charge < -0.3 is 12.6 Å². The zero-order valence-corrected chi connectivity index (χ0v) is 8.06. The first kappa shape index (κ1) is 8.47. The molecule has 1 aromatic heterocycles. The van der Waals surface area contributed by atoms with Gasteiger partial charge in [-0.15, -0.1) is 0 Å². The Kier molecular flexibility index (Phi) is 2.16. The molecular weight excluding hydrogens is 206 g/mol. The van der Waals surface area contributed by atoms with E-state index >= 15 is 0 Å². The highest BCUT2D eigenvalue weighted by Crippen LogP contribution is 2.18. The molecule has 0 aliphatic rings. The van der Waals surface area contributed by atoms with Gasteiger partial charge in [-0.1, -0.05) is 23.7 Å². The van der Waals surface area contributed by atoms with Gasteiger partial charge in [-0.3, -0.25) is 5.10 Å². The van der Waals surface area contributed by atoms with Crippen LogP contribution < -0.4 is 0 Å². The van der Waals surface area contributed by atoms with Crippen LogP contribution in [-0.4, -0.2) is 15.2 Å². The highest BCUT2D eigenvalue weighted by atomic mass is 35.5. The summed E-state index contributed by atoms with van der Waals surface area (Å²) in [5.74, 6) is 0.646. The van der Waals surface area contributed by atoms with Gasteiger partial charge >= 0.3 is 0 Å². The van der Waals surface area contributed by atoms with Gasteiger partial charge in [0.2, 0.25) is 0 Å². The predicted molar refractivity (Wildman–Crippen MR) is 52.5 cm³/mol. The highest BCUT2D eigenvalue weighted by molar-refractivity contribution is 7.58. The summed E-state index contributed by atoms with van der Waals surface area (Å²) in [6.45, 7) is 0. The van der Waals surface area contributed by atoms with E-state index in [4.69, 9.17) is 24.2 Å². The van der Waals surface area contributed by atoms with Gasteiger partial charge in [-0.25, -0.2) is 4.98 Å². The van der Waals surface area contributed by atoms with Gasteiger partial charge in [-0.2, -0.15) is 5.10 Å². The van der Waals surface area contributed by atoms with Crippen LogP contribution in [-0.2, 0) is 12.6 Å². The standard InChI is InChI=1S/C8H6ClN3S/c9-6-3-1-2-5(4-6)7-10-8(13)12-11-7/h1-4H,(H2,10,11,12,13)/p-1. The first-order chi connectivity index (χ1) is 6.25. The Morgan fingerprint density at radius 1 is 1.38 bits per heavy atom. The third-order valence-electron chi connectivity index (χ3n) is 1.56. The van der Waals surface area contributed by atoms with Crippen molar-refractivity contribution in [2.75, 3.05) is 0 Å². The van der Waals surface area contributed by atoms with Crippen molar-refractivity contribution in [3.05, 3.63) is 29.3 Å². The van der Waals surface area contributed by atoms with Gasteiger partial charge in [0, 0.05) is 15.7 Å². The molecule has 1 aromatic carbocycles. The van der Waals surface area contributed by atoms with Crippen molar-refractivity contribution in [1.29, 1.82) is 0 Å². The molecule has 0 aliphatic carbocycles. The van der Waals surface area contributed by atoms with E-state index in [2.05, 4.69) is 15.2 Å². The van der Waals surface area contributed by atoms with Crippen LogP contribution in [0.3, 0.4) is 0 Å². The van der Waals surface area contributed by atoms with E-state index in [1.54, 1.807) is 12.1 Å². The van der Waals surface area contributed by atoms with E-state index in [1.165, 1.54) is 0 Å². The Bertz CT molecular complexity index is 427. The first-order valence-electron chi connectivity index (χ1n) is 3.61. The number of H-pyrrole nitrogens is 1. The SMILES string of the molecule is [S-]c1n[nH]c(-c2cccc(Cl)c2)n1. The minimum atomic E-state index is 0.315. The minimum Gasteiger partial charge on any atom is -0.738 e. The van der Waals surface area contributed by atoms with Crippen LogP contribution in [0.25, 0.3) is 11.4 Å². The highest BCUT2D eigenvalue weighted by Gasteiger charge is 1.99. The second kappa shape index (κ2) is 3.32. The second-order valence-electron chi connectivity index (χ2n) is 2.48. The lowest BCUT2D eigenvalue weighted by Gasteiger charge is -1.96. The minimum absolute atomic E-state index is 0.315. The predicted octanol–water partition coefficient (Wildman–Crippen LogP) is 2.03. The Morgan fingerprint density at radius 2 is 2.23 bits per heavy atom. The molecule has 0 radical (unpaired) electrons. The van der Waals surface area contributed by atoms with Gasteiger partial charge in [0.15, 0.2) is 5.82 Å². The largest absolute Gasteiger partial charge is 0.738 e. The van der Waals surface area contributed by atoms with Crippen LogP contribution in [0.15, 0.2) is 29.4 Å². The molecule has 1 N–H and O–H groups in total. The van der Waals surface area contributed by atoms with Crippen molar-refractivity contribution in [2.24, 2.45) is 0 Å². The molecule has 0 atom stereocenters. The van der Waals surface area contributed by atoms with Crippen LogP contribution in [0.2, 0.25) is 5.02 Å². The topological polar surface area (TPSA) is 41.6 Å². The van der Waals surface area contributed by atoms with Gasteiger partial charge in [0.1, 0.15) is 0 Å². The molecule has 0 aliphatic heterocycles. The lowest BCUT2D eigenvalue weighted by atomic mass is 10.2. The van der Waals surface area contributed by atoms with Crippen LogP contribution in [0.5, 0.6) is 0 Å². The molecule has 0 saturated heterocycles. The van der Waals surface area contributed by atoms with Gasteiger partial charge in [0.05, 0.1) is 0 Å². The van der Waals surface area contributed by atoms with E-state index in [0.717, 1.165) is 5.56 Å². The molecule has 13 heavy (non-hydrogen) atoms. The lowest BCUT2D eigenvalue weighted by Crippen LogP contribution is -1.79. The number of benzene rings is 1. The molecule has 0 saturated carbocycles. The van der Waals surface area contributed by atoms with Crippen molar-refractivity contribution >= 4 is 24.2 Å². The average molecular weight is 211 g/mol. The third kappa shape index (κ3) is 1.79. The number of rotatable bonds is 1. The summed E-state index contributed by atoms with van der Waals surface area (Å²) in [5, 5.41) is 7.46. The Morgan fingerprint density at radius 3 is 2.85 bits per heavy atom. The maximum atomic E-state index is 5.81. The maximum Gasteiger partial charge on any atom is 0.153 e. The summed E-state index contributed by atoms with van der Waals surface area (Å²) >= 11 is 10.6. The molecule has 0 bridgehead atoms. The second-order valence-corrected chi connectivity index (χ2v) is 3.28. The van der Waals surface area contributed by atoms with Gasteiger partial charge in [-0.05, 0) is 12.1 Å². The zero-order valence-electron chi connectivity index (χ0n) is 6.49. The molecule has 66 valence electrons. The molecule has 0 unspecified atom stereocenters. The summed E-state index contributed by atoms with van der Waals surface area (Å²) in [7, 11) is 0. The normalized spacial score (nSPS) is 10.2. The molecule has 2 aromatic rings. The molecule has 0 fully saturated rings. The number of hydrogen-bond donors (Lipinski definition) is 1. The lowest BCUT2D eigenvalue weighted by molar-refractivity contribution is 0.979. The number of nitrogens with zero attached hydrogens (tertiary/aromatic N) is 2. The summed E-state index contributed by atoms with van der Waals surface area (Å²) < 4.78 is 0. The Balaban J connectivity index is 2.46. The molecule has 0 spiro atoms. The number of aromatic amines is 1. The fourth-order valence-corrected chi connectivity index (χ4v) is 1.34. The summed E-state index contributed by atoms with van der Waals surface area (Å²) in [4.78, 5) is 4.01. The summed E-state index contributed by atoms with van der Waals surface area (Å²) in [6, 6.07) is 7.34. The van der Waals surface area contributed by atoms with Crippen LogP contribution in [0, 0.1) is 0 Å². The van der Waals surface area contributed by atoms with E-state index in [0.29, 0.717) is 16.0 Å². The number of halogens is 1. The van der Waals surface area contributed by atoms with Crippen molar-refractivity contribution in [2.45, 2.75) is 5.16 Å². The number of aromatic nitrogens is 3. The zero-order chi connectivity index (χ0) is 9.26. The van der Waals surface area contributed by atoms with Crippen LogP contribution in [0.4, 0.5) is 0 Å². The van der Waals surface area contributed by atoms with Crippen molar-refractivity contribution < 1.29 is 0 Å². The van der Waals surface area contributed by atoms with Crippen molar-refractivity contribution in [3.8, 4) is 11.4 Å². The Hall–Kier alpha value is -1.13. The van der Waals surface area contributed by atoms with E-state index < -0.39 is 0 Å². The van der Waals surface area contributed by atoms with E-state index in [-0.39, 0.29) is 0 Å². The monoisotopic (exact) mass is 210 g/mol. The molecule has 3 nitrogen and oxygen atoms in total. The van der Waals surface area contributed by atoms with Gasteiger partial charge in [0.25, 0.3) is 0 Å². The number of nitrogens with one attached hydrogen (secondary N) is 1. The summed E-state index contributed by atoms with van der Waals surface area (Å²) in [6.07, 6.45) is 0. The van der Waals surface area contributed by atoms with E-state index in [1.807, 2.05) is 12.1 Å². The molecule has 2 rings (SSSR count).